The number of hydrogen-bond acceptors (Lipinski definition) is 3. The molecule has 0 bridgehead atoms. The molecule has 0 aliphatic carbocycles. The highest BCUT2D eigenvalue weighted by Crippen LogP contribution is 2.15. The van der Waals surface area contributed by atoms with Crippen molar-refractivity contribution >= 4 is 17.5 Å². The summed E-state index contributed by atoms with van der Waals surface area (Å²) in [7, 11) is 0. The van der Waals surface area contributed by atoms with Crippen molar-refractivity contribution in [2.75, 3.05) is 11.9 Å². The number of rotatable bonds is 9. The van der Waals surface area contributed by atoms with Crippen LogP contribution in [0, 0.1) is 0 Å². The van der Waals surface area contributed by atoms with E-state index in [1.807, 2.05) is 48.5 Å². The first-order valence-electron chi connectivity index (χ1n) is 10.2. The molecule has 0 saturated heterocycles. The van der Waals surface area contributed by atoms with E-state index in [2.05, 4.69) is 35.0 Å². The first-order valence-corrected chi connectivity index (χ1v) is 10.2. The fraction of sp³-hybridized carbons (Fsp3) is 0.200. The van der Waals surface area contributed by atoms with E-state index in [-0.39, 0.29) is 24.4 Å². The number of anilines is 1. The zero-order valence-electron chi connectivity index (χ0n) is 17.1. The van der Waals surface area contributed by atoms with Crippen LogP contribution in [0.5, 0.6) is 0 Å². The van der Waals surface area contributed by atoms with E-state index in [1.54, 1.807) is 24.3 Å². The van der Waals surface area contributed by atoms with Crippen molar-refractivity contribution in [3.8, 4) is 0 Å². The van der Waals surface area contributed by atoms with E-state index >= 15 is 0 Å². The Morgan fingerprint density at radius 3 is 2.10 bits per heavy atom. The molecule has 0 radical (unpaired) electrons. The van der Waals surface area contributed by atoms with Crippen molar-refractivity contribution < 1.29 is 9.59 Å². The molecule has 154 valence electrons. The minimum atomic E-state index is -0.146. The normalized spacial score (nSPS) is 11.5. The minimum absolute atomic E-state index is 0.120. The number of amides is 2. The van der Waals surface area contributed by atoms with Gasteiger partial charge in [0.2, 0.25) is 5.91 Å². The van der Waals surface area contributed by atoms with Crippen LogP contribution in [0.4, 0.5) is 5.69 Å². The maximum Gasteiger partial charge on any atom is 0.251 e. The molecule has 3 rings (SSSR count). The average molecular weight is 402 g/mol. The van der Waals surface area contributed by atoms with Crippen LogP contribution >= 0.6 is 0 Å². The Morgan fingerprint density at radius 1 is 0.833 bits per heavy atom. The summed E-state index contributed by atoms with van der Waals surface area (Å²) in [6, 6.07) is 26.9. The highest BCUT2D eigenvalue weighted by Gasteiger charge is 2.11. The molecular weight excluding hydrogens is 374 g/mol. The summed E-state index contributed by atoms with van der Waals surface area (Å²) in [6.07, 6.45) is 0.893. The smallest absolute Gasteiger partial charge is 0.251 e. The minimum Gasteiger partial charge on any atom is -0.348 e. The zero-order valence-corrected chi connectivity index (χ0v) is 17.1. The number of nitrogens with one attached hydrogen (secondary N) is 3. The van der Waals surface area contributed by atoms with Gasteiger partial charge in [0.15, 0.2) is 0 Å². The van der Waals surface area contributed by atoms with E-state index in [0.29, 0.717) is 17.8 Å². The van der Waals surface area contributed by atoms with Crippen LogP contribution < -0.4 is 16.0 Å². The Labute approximate surface area is 177 Å². The summed E-state index contributed by atoms with van der Waals surface area (Å²) in [6.45, 7) is 2.78. The Kier molecular flexibility index (Phi) is 7.75. The van der Waals surface area contributed by atoms with Gasteiger partial charge in [-0.05, 0) is 41.8 Å². The monoisotopic (exact) mass is 401 g/mol. The van der Waals surface area contributed by atoms with Crippen molar-refractivity contribution in [1.82, 2.24) is 10.6 Å². The lowest BCUT2D eigenvalue weighted by Crippen LogP contribution is -2.31. The summed E-state index contributed by atoms with van der Waals surface area (Å²) in [5, 5.41) is 9.05. The molecule has 1 unspecified atom stereocenters. The van der Waals surface area contributed by atoms with Crippen molar-refractivity contribution in [2.45, 2.75) is 25.9 Å². The molecule has 1 atom stereocenters. The summed E-state index contributed by atoms with van der Waals surface area (Å²) in [5.41, 5.74) is 3.42. The van der Waals surface area contributed by atoms with Crippen LogP contribution in [0.2, 0.25) is 0 Å². The highest BCUT2D eigenvalue weighted by atomic mass is 16.2. The van der Waals surface area contributed by atoms with Gasteiger partial charge < -0.3 is 16.0 Å². The molecule has 0 saturated carbocycles. The van der Waals surface area contributed by atoms with Gasteiger partial charge in [-0.2, -0.15) is 0 Å². The number of hydrogen-bond donors (Lipinski definition) is 3. The quantitative estimate of drug-likeness (QED) is 0.501. The van der Waals surface area contributed by atoms with Crippen molar-refractivity contribution in [1.29, 1.82) is 0 Å². The maximum absolute atomic E-state index is 12.3. The molecule has 2 amide bonds. The molecule has 5 heteroatoms. The van der Waals surface area contributed by atoms with Crippen molar-refractivity contribution in [3.63, 3.8) is 0 Å². The van der Waals surface area contributed by atoms with Crippen LogP contribution in [0.15, 0.2) is 84.9 Å². The highest BCUT2D eigenvalue weighted by molar-refractivity contribution is 5.96. The van der Waals surface area contributed by atoms with Gasteiger partial charge >= 0.3 is 0 Å². The van der Waals surface area contributed by atoms with Gasteiger partial charge in [-0.3, -0.25) is 9.59 Å². The van der Waals surface area contributed by atoms with Gasteiger partial charge in [-0.25, -0.2) is 0 Å². The fourth-order valence-electron chi connectivity index (χ4n) is 3.19. The van der Waals surface area contributed by atoms with Gasteiger partial charge in [0, 0.05) is 23.8 Å². The molecule has 0 spiro atoms. The molecule has 3 N–H and O–H groups in total. The van der Waals surface area contributed by atoms with Crippen LogP contribution in [0.1, 0.15) is 40.9 Å². The molecule has 3 aromatic rings. The van der Waals surface area contributed by atoms with Crippen LogP contribution in [-0.4, -0.2) is 18.4 Å². The molecule has 0 heterocycles. The van der Waals surface area contributed by atoms with Gasteiger partial charge in [0.1, 0.15) is 0 Å². The third-order valence-electron chi connectivity index (χ3n) is 4.85. The fourth-order valence-corrected chi connectivity index (χ4v) is 3.19. The summed E-state index contributed by atoms with van der Waals surface area (Å²) in [5.74, 6) is -0.266. The topological polar surface area (TPSA) is 70.2 Å². The molecule has 0 aromatic heterocycles. The van der Waals surface area contributed by atoms with Crippen molar-refractivity contribution in [3.05, 3.63) is 102 Å². The van der Waals surface area contributed by atoms with Crippen LogP contribution in [0.25, 0.3) is 0 Å². The van der Waals surface area contributed by atoms with E-state index in [9.17, 15) is 9.59 Å². The lowest BCUT2D eigenvalue weighted by molar-refractivity contribution is -0.115. The van der Waals surface area contributed by atoms with E-state index in [0.717, 1.165) is 12.0 Å². The van der Waals surface area contributed by atoms with Crippen molar-refractivity contribution in [2.24, 2.45) is 0 Å². The molecule has 5 nitrogen and oxygen atoms in total. The van der Waals surface area contributed by atoms with E-state index < -0.39 is 0 Å². The number of carbonyl (C=O) groups excluding carboxylic acids is 2. The Bertz CT molecular complexity index is 941. The molecular formula is C25H27N3O2. The lowest BCUT2D eigenvalue weighted by Gasteiger charge is -2.17. The second kappa shape index (κ2) is 10.9. The van der Waals surface area contributed by atoms with Crippen LogP contribution in [0.3, 0.4) is 0 Å². The van der Waals surface area contributed by atoms with E-state index in [4.69, 9.17) is 0 Å². The molecule has 3 aromatic carbocycles. The Balaban J connectivity index is 1.47. The first-order chi connectivity index (χ1) is 14.7. The zero-order chi connectivity index (χ0) is 21.2. The first kappa shape index (κ1) is 21.3. The summed E-state index contributed by atoms with van der Waals surface area (Å²) >= 11 is 0. The summed E-state index contributed by atoms with van der Waals surface area (Å²) < 4.78 is 0. The SMILES string of the molecule is CCC(NCC(=O)Nc1ccc(C(=O)NCc2ccccc2)cc1)c1ccccc1. The van der Waals surface area contributed by atoms with Gasteiger partial charge in [-0.1, -0.05) is 67.6 Å². The molecule has 0 fully saturated rings. The molecule has 0 aliphatic heterocycles. The molecule has 30 heavy (non-hydrogen) atoms. The van der Waals surface area contributed by atoms with Gasteiger partial charge in [0.05, 0.1) is 6.54 Å². The maximum atomic E-state index is 12.3. The third-order valence-corrected chi connectivity index (χ3v) is 4.85. The molecule has 0 aliphatic rings. The Morgan fingerprint density at radius 2 is 1.47 bits per heavy atom. The largest absolute Gasteiger partial charge is 0.348 e. The van der Waals surface area contributed by atoms with E-state index in [1.165, 1.54) is 5.56 Å². The van der Waals surface area contributed by atoms with Crippen LogP contribution in [-0.2, 0) is 11.3 Å². The second-order valence-corrected chi connectivity index (χ2v) is 7.05. The predicted molar refractivity (Wildman–Crippen MR) is 120 cm³/mol. The standard InChI is InChI=1S/C25H27N3O2/c1-2-23(20-11-7-4-8-12-20)26-18-24(29)28-22-15-13-21(14-16-22)25(30)27-17-19-9-5-3-6-10-19/h3-16,23,26H,2,17-18H2,1H3,(H,27,30)(H,28,29). The second-order valence-electron chi connectivity index (χ2n) is 7.05. The summed E-state index contributed by atoms with van der Waals surface area (Å²) in [4.78, 5) is 24.6. The average Bonchev–Trinajstić information content (AvgIpc) is 2.80. The third kappa shape index (κ3) is 6.29. The number of benzene rings is 3. The lowest BCUT2D eigenvalue weighted by atomic mass is 10.0. The predicted octanol–water partition coefficient (Wildman–Crippen LogP) is 4.30. The van der Waals surface area contributed by atoms with Gasteiger partial charge in [0.25, 0.3) is 5.91 Å². The van der Waals surface area contributed by atoms with Gasteiger partial charge in [-0.15, -0.1) is 0 Å². The Hall–Kier alpha value is -3.44. The number of carbonyl (C=O) groups is 2.